The number of aliphatic imine (C=N–C) groups is 1. The third-order valence-electron chi connectivity index (χ3n) is 3.45. The van der Waals surface area contributed by atoms with Gasteiger partial charge in [-0.25, -0.2) is 10.4 Å². The Morgan fingerprint density at radius 2 is 1.80 bits per heavy atom. The summed E-state index contributed by atoms with van der Waals surface area (Å²) in [5.41, 5.74) is 4.27. The molecule has 3 rings (SSSR count). The molecule has 0 fully saturated rings. The van der Waals surface area contributed by atoms with Crippen LogP contribution in [0, 0.1) is 0 Å². The summed E-state index contributed by atoms with van der Waals surface area (Å²) in [5, 5.41) is 9.31. The predicted octanol–water partition coefficient (Wildman–Crippen LogP) is 1.49. The van der Waals surface area contributed by atoms with E-state index in [9.17, 15) is 9.59 Å². The molecule has 126 valence electrons. The standard InChI is InChI=1S/C18H17N5O2/c24-16(20-14-9-5-2-6-10-14)11-15-17(25)22-18(21-15)23-19-12-13-7-3-1-4-8-13/h1-10,12,15H,11H2,(H,20,24)(H2,21,22,23,25)/b19-12-/t15-/m0/s1. The molecule has 1 aliphatic rings. The average molecular weight is 335 g/mol. The van der Waals surface area contributed by atoms with Gasteiger partial charge in [0.2, 0.25) is 11.9 Å². The van der Waals surface area contributed by atoms with Gasteiger partial charge in [-0.2, -0.15) is 5.10 Å². The summed E-state index contributed by atoms with van der Waals surface area (Å²) in [7, 11) is 0. The summed E-state index contributed by atoms with van der Waals surface area (Å²) in [5.74, 6) is -0.376. The van der Waals surface area contributed by atoms with E-state index < -0.39 is 6.04 Å². The maximum Gasteiger partial charge on any atom is 0.252 e. The number of hydrazone groups is 1. The maximum absolute atomic E-state index is 12.0. The lowest BCUT2D eigenvalue weighted by Crippen LogP contribution is -2.35. The van der Waals surface area contributed by atoms with Crippen molar-refractivity contribution in [3.05, 3.63) is 66.2 Å². The highest BCUT2D eigenvalue weighted by Gasteiger charge is 2.28. The van der Waals surface area contributed by atoms with Crippen LogP contribution in [0.4, 0.5) is 5.69 Å². The summed E-state index contributed by atoms with van der Waals surface area (Å²) in [6, 6.07) is 17.8. The minimum Gasteiger partial charge on any atom is -0.326 e. The molecule has 0 aromatic heterocycles. The zero-order valence-corrected chi connectivity index (χ0v) is 13.3. The van der Waals surface area contributed by atoms with Crippen LogP contribution in [0.2, 0.25) is 0 Å². The van der Waals surface area contributed by atoms with Gasteiger partial charge in [0.05, 0.1) is 12.6 Å². The van der Waals surface area contributed by atoms with Crippen LogP contribution in [0.1, 0.15) is 12.0 Å². The zero-order valence-electron chi connectivity index (χ0n) is 13.3. The number of hydrogen-bond acceptors (Lipinski definition) is 5. The summed E-state index contributed by atoms with van der Waals surface area (Å²) in [4.78, 5) is 28.1. The van der Waals surface area contributed by atoms with Crippen molar-refractivity contribution in [3.63, 3.8) is 0 Å². The number of nitrogens with one attached hydrogen (secondary N) is 3. The summed E-state index contributed by atoms with van der Waals surface area (Å²) < 4.78 is 0. The van der Waals surface area contributed by atoms with Gasteiger partial charge >= 0.3 is 0 Å². The predicted molar refractivity (Wildman–Crippen MR) is 96.2 cm³/mol. The Morgan fingerprint density at radius 1 is 1.12 bits per heavy atom. The van der Waals surface area contributed by atoms with Gasteiger partial charge in [0.15, 0.2) is 0 Å². The molecule has 0 bridgehead atoms. The van der Waals surface area contributed by atoms with Gasteiger partial charge in [0, 0.05) is 5.69 Å². The molecule has 7 nitrogen and oxygen atoms in total. The molecule has 2 amide bonds. The maximum atomic E-state index is 12.0. The van der Waals surface area contributed by atoms with E-state index in [1.54, 1.807) is 18.3 Å². The first-order valence-electron chi connectivity index (χ1n) is 7.78. The number of guanidine groups is 1. The Bertz CT molecular complexity index is 803. The van der Waals surface area contributed by atoms with Crippen LogP contribution in [-0.4, -0.2) is 30.0 Å². The van der Waals surface area contributed by atoms with Gasteiger partial charge in [-0.15, -0.1) is 0 Å². The van der Waals surface area contributed by atoms with Crippen molar-refractivity contribution >= 4 is 29.7 Å². The second kappa shape index (κ2) is 7.87. The fourth-order valence-corrected chi connectivity index (χ4v) is 2.26. The molecule has 7 heteroatoms. The number of amides is 2. The fourth-order valence-electron chi connectivity index (χ4n) is 2.26. The Morgan fingerprint density at radius 3 is 2.52 bits per heavy atom. The molecular formula is C18H17N5O2. The van der Waals surface area contributed by atoms with Crippen molar-refractivity contribution in [2.45, 2.75) is 12.5 Å². The molecule has 0 aliphatic carbocycles. The number of para-hydroxylation sites is 1. The lowest BCUT2D eigenvalue weighted by molar-refractivity contribution is -0.123. The number of carbonyl (C=O) groups is 2. The van der Waals surface area contributed by atoms with Crippen molar-refractivity contribution in [2.24, 2.45) is 10.1 Å². The van der Waals surface area contributed by atoms with Crippen LogP contribution in [-0.2, 0) is 9.59 Å². The number of carbonyl (C=O) groups excluding carboxylic acids is 2. The first kappa shape index (κ1) is 16.4. The number of benzene rings is 2. The van der Waals surface area contributed by atoms with Gasteiger partial charge < -0.3 is 5.32 Å². The largest absolute Gasteiger partial charge is 0.326 e. The lowest BCUT2D eigenvalue weighted by Gasteiger charge is -2.06. The Kier molecular flexibility index (Phi) is 5.16. The van der Waals surface area contributed by atoms with Crippen LogP contribution in [0.5, 0.6) is 0 Å². The van der Waals surface area contributed by atoms with Gasteiger partial charge in [0.1, 0.15) is 6.04 Å². The Labute approximate surface area is 144 Å². The number of anilines is 1. The molecule has 1 aliphatic heterocycles. The summed E-state index contributed by atoms with van der Waals surface area (Å²) in [6.45, 7) is 0. The molecule has 0 unspecified atom stereocenters. The summed E-state index contributed by atoms with van der Waals surface area (Å²) >= 11 is 0. The van der Waals surface area contributed by atoms with Crippen LogP contribution in [0.15, 0.2) is 70.8 Å². The number of rotatable bonds is 5. The van der Waals surface area contributed by atoms with Crippen molar-refractivity contribution < 1.29 is 9.59 Å². The molecule has 0 saturated carbocycles. The third kappa shape index (κ3) is 4.74. The number of hydrogen-bond donors (Lipinski definition) is 3. The molecule has 0 radical (unpaired) electrons. The van der Waals surface area contributed by atoms with E-state index in [2.05, 4.69) is 26.2 Å². The Balaban J connectivity index is 1.53. The lowest BCUT2D eigenvalue weighted by atomic mass is 10.2. The van der Waals surface area contributed by atoms with Crippen LogP contribution in [0.25, 0.3) is 0 Å². The quantitative estimate of drug-likeness (QED) is 0.571. The second-order valence-corrected chi connectivity index (χ2v) is 5.38. The molecular weight excluding hydrogens is 318 g/mol. The highest BCUT2D eigenvalue weighted by Crippen LogP contribution is 2.09. The monoisotopic (exact) mass is 335 g/mol. The Hall–Kier alpha value is -3.48. The van der Waals surface area contributed by atoms with E-state index >= 15 is 0 Å². The van der Waals surface area contributed by atoms with Gasteiger partial charge in [-0.3, -0.25) is 14.9 Å². The first-order chi connectivity index (χ1) is 12.2. The molecule has 2 aromatic carbocycles. The van der Waals surface area contributed by atoms with Gasteiger partial charge in [-0.1, -0.05) is 48.5 Å². The smallest absolute Gasteiger partial charge is 0.252 e. The highest BCUT2D eigenvalue weighted by molar-refractivity contribution is 6.07. The van der Waals surface area contributed by atoms with Crippen LogP contribution in [0.3, 0.4) is 0 Å². The van der Waals surface area contributed by atoms with Crippen LogP contribution >= 0.6 is 0 Å². The van der Waals surface area contributed by atoms with E-state index in [1.807, 2.05) is 48.5 Å². The number of nitrogens with zero attached hydrogens (tertiary/aromatic N) is 2. The summed E-state index contributed by atoms with van der Waals surface area (Å²) in [6.07, 6.45) is 1.58. The van der Waals surface area contributed by atoms with E-state index in [0.29, 0.717) is 5.69 Å². The first-order valence-corrected chi connectivity index (χ1v) is 7.78. The highest BCUT2D eigenvalue weighted by atomic mass is 16.2. The fraction of sp³-hybridized carbons (Fsp3) is 0.111. The molecule has 0 spiro atoms. The minimum absolute atomic E-state index is 0.0334. The topological polar surface area (TPSA) is 94.9 Å². The van der Waals surface area contributed by atoms with Crippen molar-refractivity contribution in [1.29, 1.82) is 0 Å². The van der Waals surface area contributed by atoms with Gasteiger partial charge in [-0.05, 0) is 17.7 Å². The average Bonchev–Trinajstić information content (AvgIpc) is 2.96. The SMILES string of the molecule is O=C(C[C@@H]1N=C(N/N=C\c2ccccc2)NC1=O)Nc1ccccc1. The van der Waals surface area contributed by atoms with Crippen molar-refractivity contribution in [1.82, 2.24) is 10.7 Å². The van der Waals surface area contributed by atoms with Crippen LogP contribution < -0.4 is 16.1 Å². The van der Waals surface area contributed by atoms with E-state index in [-0.39, 0.29) is 24.2 Å². The van der Waals surface area contributed by atoms with Gasteiger partial charge in [0.25, 0.3) is 5.91 Å². The molecule has 2 aromatic rings. The van der Waals surface area contributed by atoms with E-state index in [4.69, 9.17) is 0 Å². The normalized spacial score (nSPS) is 16.4. The molecule has 1 atom stereocenters. The third-order valence-corrected chi connectivity index (χ3v) is 3.45. The zero-order chi connectivity index (χ0) is 17.5. The van der Waals surface area contributed by atoms with Crippen molar-refractivity contribution in [2.75, 3.05) is 5.32 Å². The molecule has 0 saturated heterocycles. The van der Waals surface area contributed by atoms with E-state index in [0.717, 1.165) is 5.56 Å². The molecule has 25 heavy (non-hydrogen) atoms. The van der Waals surface area contributed by atoms with Crippen molar-refractivity contribution in [3.8, 4) is 0 Å². The molecule has 1 heterocycles. The second-order valence-electron chi connectivity index (χ2n) is 5.38. The minimum atomic E-state index is -0.766. The van der Waals surface area contributed by atoms with E-state index in [1.165, 1.54) is 0 Å². The molecule has 3 N–H and O–H groups in total.